The largest absolute Gasteiger partial charge is 0.333 e. The predicted octanol–water partition coefficient (Wildman–Crippen LogP) is 2.48. The van der Waals surface area contributed by atoms with Crippen LogP contribution >= 0.6 is 0 Å². The zero-order valence-electron chi connectivity index (χ0n) is 12.3. The summed E-state index contributed by atoms with van der Waals surface area (Å²) in [6.45, 7) is 2.37. The van der Waals surface area contributed by atoms with Gasteiger partial charge in [-0.15, -0.1) is 0 Å². The van der Waals surface area contributed by atoms with E-state index < -0.39 is 6.04 Å². The number of rotatable bonds is 4. The minimum absolute atomic E-state index is 0.214. The van der Waals surface area contributed by atoms with Crippen LogP contribution in [0.4, 0.5) is 10.6 Å². The Morgan fingerprint density at radius 2 is 1.77 bits per heavy atom. The van der Waals surface area contributed by atoms with Crippen molar-refractivity contribution in [2.24, 2.45) is 0 Å². The van der Waals surface area contributed by atoms with Crippen LogP contribution in [-0.4, -0.2) is 34.4 Å². The van der Waals surface area contributed by atoms with E-state index >= 15 is 0 Å². The Morgan fingerprint density at radius 3 is 2.41 bits per heavy atom. The minimum Gasteiger partial charge on any atom is -0.312 e. The maximum absolute atomic E-state index is 12.7. The molecule has 1 atom stereocenters. The lowest BCUT2D eigenvalue weighted by Gasteiger charge is -2.19. The summed E-state index contributed by atoms with van der Waals surface area (Å²) in [5, 5.41) is 0. The van der Waals surface area contributed by atoms with Crippen molar-refractivity contribution in [3.8, 4) is 0 Å². The van der Waals surface area contributed by atoms with Gasteiger partial charge >= 0.3 is 6.03 Å². The lowest BCUT2D eigenvalue weighted by Crippen LogP contribution is -2.36. The van der Waals surface area contributed by atoms with Gasteiger partial charge in [0.2, 0.25) is 0 Å². The number of hydrogen-bond acceptors (Lipinski definition) is 3. The lowest BCUT2D eigenvalue weighted by molar-refractivity contribution is -0.119. The molecule has 0 bridgehead atoms. The van der Waals surface area contributed by atoms with Crippen LogP contribution < -0.4 is 4.90 Å². The van der Waals surface area contributed by atoms with E-state index in [9.17, 15) is 9.59 Å². The molecule has 1 saturated heterocycles. The fourth-order valence-electron chi connectivity index (χ4n) is 2.73. The monoisotopic (exact) mass is 295 g/mol. The molecule has 3 rings (SSSR count). The van der Waals surface area contributed by atoms with E-state index in [2.05, 4.69) is 4.98 Å². The van der Waals surface area contributed by atoms with Crippen molar-refractivity contribution in [1.82, 2.24) is 9.88 Å². The molecule has 1 unspecified atom stereocenters. The fraction of sp³-hybridized carbons (Fsp3) is 0.235. The standard InChI is InChI=1S/C17H17N3O2/c1-2-19-14(12-13-8-4-3-5-9-13)16(21)20(17(19)22)15-10-6-7-11-18-15/h3-11,14H,2,12H2,1H3. The molecule has 0 aliphatic carbocycles. The molecule has 0 saturated carbocycles. The van der Waals surface area contributed by atoms with E-state index in [0.717, 1.165) is 5.56 Å². The molecular formula is C17H17N3O2. The number of anilines is 1. The van der Waals surface area contributed by atoms with E-state index in [1.165, 1.54) is 4.90 Å². The second-order valence-corrected chi connectivity index (χ2v) is 5.14. The number of amides is 3. The van der Waals surface area contributed by atoms with E-state index in [1.54, 1.807) is 29.3 Å². The number of carbonyl (C=O) groups excluding carboxylic acids is 2. The maximum Gasteiger partial charge on any atom is 0.333 e. The summed E-state index contributed by atoms with van der Waals surface area (Å²) >= 11 is 0. The third-order valence-corrected chi connectivity index (χ3v) is 3.81. The average Bonchev–Trinajstić information content (AvgIpc) is 2.79. The van der Waals surface area contributed by atoms with Gasteiger partial charge in [0.15, 0.2) is 0 Å². The second kappa shape index (κ2) is 5.97. The van der Waals surface area contributed by atoms with Gasteiger partial charge in [-0.2, -0.15) is 0 Å². The van der Waals surface area contributed by atoms with Gasteiger partial charge in [0.25, 0.3) is 5.91 Å². The van der Waals surface area contributed by atoms with Crippen LogP contribution in [0, 0.1) is 0 Å². The molecule has 1 aromatic heterocycles. The summed E-state index contributed by atoms with van der Waals surface area (Å²) in [6, 6.07) is 14.2. The molecule has 0 N–H and O–H groups in total. The number of urea groups is 1. The quantitative estimate of drug-likeness (QED) is 0.814. The molecule has 112 valence electrons. The zero-order chi connectivity index (χ0) is 15.5. The summed E-state index contributed by atoms with van der Waals surface area (Å²) in [5.74, 6) is 0.168. The van der Waals surface area contributed by atoms with Gasteiger partial charge in [-0.1, -0.05) is 36.4 Å². The summed E-state index contributed by atoms with van der Waals surface area (Å²) in [4.78, 5) is 32.2. The first-order chi connectivity index (χ1) is 10.7. The van der Waals surface area contributed by atoms with E-state index in [0.29, 0.717) is 18.8 Å². The summed E-state index contributed by atoms with van der Waals surface area (Å²) in [6.07, 6.45) is 2.10. The predicted molar refractivity (Wildman–Crippen MR) is 83.4 cm³/mol. The first kappa shape index (κ1) is 14.3. The number of hydrogen-bond donors (Lipinski definition) is 0. The van der Waals surface area contributed by atoms with Crippen LogP contribution in [0.15, 0.2) is 54.7 Å². The van der Waals surface area contributed by atoms with Gasteiger partial charge in [0, 0.05) is 19.2 Å². The molecule has 0 spiro atoms. The van der Waals surface area contributed by atoms with Crippen LogP contribution in [0.5, 0.6) is 0 Å². The third kappa shape index (κ3) is 2.45. The normalized spacial score (nSPS) is 18.1. The van der Waals surface area contributed by atoms with Crippen molar-refractivity contribution in [3.05, 3.63) is 60.3 Å². The molecule has 2 aromatic rings. The number of imide groups is 1. The average molecular weight is 295 g/mol. The summed E-state index contributed by atoms with van der Waals surface area (Å²) in [5.41, 5.74) is 1.04. The van der Waals surface area contributed by atoms with Crippen molar-refractivity contribution >= 4 is 17.8 Å². The third-order valence-electron chi connectivity index (χ3n) is 3.81. The van der Waals surface area contributed by atoms with Crippen molar-refractivity contribution in [1.29, 1.82) is 0 Å². The number of nitrogens with zero attached hydrogens (tertiary/aromatic N) is 3. The molecule has 22 heavy (non-hydrogen) atoms. The van der Waals surface area contributed by atoms with Gasteiger partial charge < -0.3 is 4.90 Å². The Hall–Kier alpha value is -2.69. The maximum atomic E-state index is 12.7. The fourth-order valence-corrected chi connectivity index (χ4v) is 2.73. The van der Waals surface area contributed by atoms with Crippen LogP contribution in [0.25, 0.3) is 0 Å². The number of carbonyl (C=O) groups is 2. The van der Waals surface area contributed by atoms with Crippen LogP contribution in [0.3, 0.4) is 0 Å². The molecule has 1 aliphatic heterocycles. The SMILES string of the molecule is CCN1C(=O)N(c2ccccn2)C(=O)C1Cc1ccccc1. The second-order valence-electron chi connectivity index (χ2n) is 5.14. The van der Waals surface area contributed by atoms with Gasteiger partial charge in [-0.05, 0) is 24.6 Å². The van der Waals surface area contributed by atoms with Gasteiger partial charge in [-0.25, -0.2) is 14.7 Å². The van der Waals surface area contributed by atoms with E-state index in [4.69, 9.17) is 0 Å². The first-order valence-corrected chi connectivity index (χ1v) is 7.32. The Bertz CT molecular complexity index is 673. The number of benzene rings is 1. The Kier molecular flexibility index (Phi) is 3.87. The molecule has 1 aliphatic rings. The first-order valence-electron chi connectivity index (χ1n) is 7.32. The Balaban J connectivity index is 1.91. The van der Waals surface area contributed by atoms with Crippen molar-refractivity contribution in [2.45, 2.75) is 19.4 Å². The highest BCUT2D eigenvalue weighted by Crippen LogP contribution is 2.25. The number of aromatic nitrogens is 1. The highest BCUT2D eigenvalue weighted by atomic mass is 16.2. The summed E-state index contributed by atoms with van der Waals surface area (Å²) < 4.78 is 0. The van der Waals surface area contributed by atoms with Gasteiger partial charge in [0.05, 0.1) is 0 Å². The number of pyridine rings is 1. The van der Waals surface area contributed by atoms with E-state index in [-0.39, 0.29) is 11.9 Å². The van der Waals surface area contributed by atoms with E-state index in [1.807, 2.05) is 37.3 Å². The van der Waals surface area contributed by atoms with Gasteiger partial charge in [0.1, 0.15) is 11.9 Å². The Labute approximate surface area is 129 Å². The molecule has 2 heterocycles. The van der Waals surface area contributed by atoms with Gasteiger partial charge in [-0.3, -0.25) is 4.79 Å². The topological polar surface area (TPSA) is 53.5 Å². The van der Waals surface area contributed by atoms with Crippen molar-refractivity contribution < 1.29 is 9.59 Å². The van der Waals surface area contributed by atoms with Crippen LogP contribution in [0.2, 0.25) is 0 Å². The highest BCUT2D eigenvalue weighted by molar-refractivity contribution is 6.20. The van der Waals surface area contributed by atoms with Crippen molar-refractivity contribution in [3.63, 3.8) is 0 Å². The molecule has 3 amide bonds. The van der Waals surface area contributed by atoms with Crippen molar-refractivity contribution in [2.75, 3.05) is 11.4 Å². The summed E-state index contributed by atoms with van der Waals surface area (Å²) in [7, 11) is 0. The molecular weight excluding hydrogens is 278 g/mol. The molecule has 5 nitrogen and oxygen atoms in total. The van der Waals surface area contributed by atoms with Crippen LogP contribution in [-0.2, 0) is 11.2 Å². The zero-order valence-corrected chi connectivity index (χ0v) is 12.3. The van der Waals surface area contributed by atoms with Crippen LogP contribution in [0.1, 0.15) is 12.5 Å². The Morgan fingerprint density at radius 1 is 1.05 bits per heavy atom. The lowest BCUT2D eigenvalue weighted by atomic mass is 10.1. The molecule has 1 aromatic carbocycles. The smallest absolute Gasteiger partial charge is 0.312 e. The molecule has 1 fully saturated rings. The minimum atomic E-state index is -0.470. The number of likely N-dealkylation sites (N-methyl/N-ethyl adjacent to an activating group) is 1. The molecule has 0 radical (unpaired) electrons. The highest BCUT2D eigenvalue weighted by Gasteiger charge is 2.45. The molecule has 5 heteroatoms.